The van der Waals surface area contributed by atoms with Gasteiger partial charge in [-0.1, -0.05) is 0 Å². The van der Waals surface area contributed by atoms with Gasteiger partial charge in [0.05, 0.1) is 11.3 Å². The van der Waals surface area contributed by atoms with Gasteiger partial charge in [0, 0.05) is 21.7 Å². The Morgan fingerprint density at radius 1 is 1.25 bits per heavy atom. The van der Waals surface area contributed by atoms with Crippen LogP contribution >= 0.6 is 11.3 Å². The molecule has 3 N–H and O–H groups in total. The minimum Gasteiger partial charge on any atom is -0.507 e. The normalized spacial score (nSPS) is 23.2. The predicted molar refractivity (Wildman–Crippen MR) is 94.3 cm³/mol. The smallest absolute Gasteiger partial charge is 0.243 e. The van der Waals surface area contributed by atoms with Crippen molar-refractivity contribution in [3.63, 3.8) is 0 Å². The Labute approximate surface area is 143 Å². The van der Waals surface area contributed by atoms with Crippen molar-refractivity contribution in [2.75, 3.05) is 5.32 Å². The van der Waals surface area contributed by atoms with Crippen LogP contribution in [0.1, 0.15) is 25.5 Å². The highest BCUT2D eigenvalue weighted by Crippen LogP contribution is 2.38. The number of hydrogen-bond donors (Lipinski definition) is 3. The molecule has 6 nitrogen and oxygen atoms in total. The van der Waals surface area contributed by atoms with Gasteiger partial charge in [-0.3, -0.25) is 0 Å². The minimum atomic E-state index is -0.595. The molecule has 1 fully saturated rings. The number of anilines is 1. The molecule has 2 heterocycles. The number of aryl methyl sites for hydroxylation is 1. The fourth-order valence-electron chi connectivity index (χ4n) is 3.22. The fourth-order valence-corrected chi connectivity index (χ4v) is 4.01. The van der Waals surface area contributed by atoms with Gasteiger partial charge in [-0.05, 0) is 50.3 Å². The standard InChI is InChI=1S/C17H18N4O2S/c1-9-14(12-3-4-13-11(15(12)22)5-6-24-13)20-21-16(18-9)19-10-7-17(2,23)8-10/h3-6,10,22-23H,7-8H2,1-2H3,(H,18,19,21). The SMILES string of the molecule is Cc1nc(NC2CC(C)(O)C2)nnc1-c1ccc2sccc2c1O. The molecule has 4 rings (SSSR count). The molecule has 7 heteroatoms. The summed E-state index contributed by atoms with van der Waals surface area (Å²) in [5.41, 5.74) is 1.31. The zero-order valence-corrected chi connectivity index (χ0v) is 14.3. The van der Waals surface area contributed by atoms with Gasteiger partial charge in [0.1, 0.15) is 11.4 Å². The Morgan fingerprint density at radius 3 is 2.75 bits per heavy atom. The summed E-state index contributed by atoms with van der Waals surface area (Å²) in [6.07, 6.45) is 1.35. The highest BCUT2D eigenvalue weighted by Gasteiger charge is 2.38. The average molecular weight is 342 g/mol. The second-order valence-electron chi connectivity index (χ2n) is 6.61. The molecule has 1 aliphatic rings. The van der Waals surface area contributed by atoms with Gasteiger partial charge in [-0.2, -0.15) is 0 Å². The second-order valence-corrected chi connectivity index (χ2v) is 7.56. The van der Waals surface area contributed by atoms with Gasteiger partial charge in [-0.25, -0.2) is 4.98 Å². The largest absolute Gasteiger partial charge is 0.507 e. The Balaban J connectivity index is 1.63. The van der Waals surface area contributed by atoms with Gasteiger partial charge >= 0.3 is 0 Å². The third kappa shape index (κ3) is 2.59. The summed E-state index contributed by atoms with van der Waals surface area (Å²) < 4.78 is 1.03. The maximum atomic E-state index is 10.5. The van der Waals surface area contributed by atoms with E-state index in [-0.39, 0.29) is 11.8 Å². The Morgan fingerprint density at radius 2 is 2.04 bits per heavy atom. The topological polar surface area (TPSA) is 91.2 Å². The first-order valence-corrected chi connectivity index (χ1v) is 8.71. The van der Waals surface area contributed by atoms with E-state index in [1.54, 1.807) is 11.3 Å². The number of aromatic nitrogens is 3. The van der Waals surface area contributed by atoms with E-state index >= 15 is 0 Å². The summed E-state index contributed by atoms with van der Waals surface area (Å²) in [5.74, 6) is 0.663. The highest BCUT2D eigenvalue weighted by molar-refractivity contribution is 7.17. The zero-order valence-electron chi connectivity index (χ0n) is 13.4. The number of rotatable bonds is 3. The van der Waals surface area contributed by atoms with Crippen LogP contribution in [-0.2, 0) is 0 Å². The lowest BCUT2D eigenvalue weighted by Crippen LogP contribution is -2.48. The first-order valence-electron chi connectivity index (χ1n) is 7.83. The van der Waals surface area contributed by atoms with Crippen LogP contribution in [0.25, 0.3) is 21.3 Å². The van der Waals surface area contributed by atoms with Gasteiger partial charge in [0.2, 0.25) is 5.95 Å². The van der Waals surface area contributed by atoms with Crippen LogP contribution in [0.4, 0.5) is 5.95 Å². The summed E-state index contributed by atoms with van der Waals surface area (Å²) in [7, 11) is 0. The average Bonchev–Trinajstić information content (AvgIpc) is 2.96. The van der Waals surface area contributed by atoms with Crippen LogP contribution in [0, 0.1) is 6.92 Å². The Kier molecular flexibility index (Phi) is 3.43. The van der Waals surface area contributed by atoms with Crippen LogP contribution in [-0.4, -0.2) is 37.0 Å². The molecule has 0 radical (unpaired) electrons. The lowest BCUT2D eigenvalue weighted by atomic mass is 9.77. The van der Waals surface area contributed by atoms with E-state index in [1.165, 1.54) is 0 Å². The molecule has 24 heavy (non-hydrogen) atoms. The third-order valence-electron chi connectivity index (χ3n) is 4.43. The van der Waals surface area contributed by atoms with Crippen molar-refractivity contribution in [2.45, 2.75) is 38.3 Å². The van der Waals surface area contributed by atoms with Crippen molar-refractivity contribution in [3.05, 3.63) is 29.3 Å². The molecule has 3 aromatic rings. The van der Waals surface area contributed by atoms with Crippen molar-refractivity contribution in [2.24, 2.45) is 0 Å². The summed E-state index contributed by atoms with van der Waals surface area (Å²) in [5, 5.41) is 34.6. The number of fused-ring (bicyclic) bond motifs is 1. The number of phenols is 1. The summed E-state index contributed by atoms with van der Waals surface area (Å²) in [6.45, 7) is 3.67. The van der Waals surface area contributed by atoms with Crippen LogP contribution in [0.15, 0.2) is 23.6 Å². The summed E-state index contributed by atoms with van der Waals surface area (Å²) in [6, 6.07) is 5.89. The molecular formula is C17H18N4O2S. The molecular weight excluding hydrogens is 324 g/mol. The van der Waals surface area contributed by atoms with Gasteiger partial charge < -0.3 is 15.5 Å². The van der Waals surface area contributed by atoms with E-state index in [2.05, 4.69) is 20.5 Å². The van der Waals surface area contributed by atoms with E-state index in [4.69, 9.17) is 0 Å². The molecule has 2 aromatic heterocycles. The lowest BCUT2D eigenvalue weighted by Gasteiger charge is -2.41. The number of aliphatic hydroxyl groups is 1. The number of hydrogen-bond acceptors (Lipinski definition) is 7. The monoisotopic (exact) mass is 342 g/mol. The van der Waals surface area contributed by atoms with Crippen LogP contribution < -0.4 is 5.32 Å². The maximum absolute atomic E-state index is 10.5. The number of phenolic OH excluding ortho intramolecular Hbond substituents is 1. The van der Waals surface area contributed by atoms with Gasteiger partial charge in [0.25, 0.3) is 0 Å². The van der Waals surface area contributed by atoms with Crippen molar-refractivity contribution in [3.8, 4) is 17.0 Å². The van der Waals surface area contributed by atoms with E-state index in [0.717, 1.165) is 10.1 Å². The molecule has 1 aliphatic carbocycles. The van der Waals surface area contributed by atoms with E-state index in [0.29, 0.717) is 35.7 Å². The molecule has 1 aromatic carbocycles. The number of benzene rings is 1. The summed E-state index contributed by atoms with van der Waals surface area (Å²) in [4.78, 5) is 4.45. The van der Waals surface area contributed by atoms with Crippen LogP contribution in [0.2, 0.25) is 0 Å². The first kappa shape index (κ1) is 15.3. The fraction of sp³-hybridized carbons (Fsp3) is 0.353. The van der Waals surface area contributed by atoms with Gasteiger partial charge in [-0.15, -0.1) is 21.5 Å². The Hall–Kier alpha value is -2.25. The molecule has 0 bridgehead atoms. The molecule has 0 aliphatic heterocycles. The van der Waals surface area contributed by atoms with Crippen molar-refractivity contribution in [1.82, 2.24) is 15.2 Å². The van der Waals surface area contributed by atoms with Crippen molar-refractivity contribution < 1.29 is 10.2 Å². The lowest BCUT2D eigenvalue weighted by molar-refractivity contribution is -0.0236. The quantitative estimate of drug-likeness (QED) is 0.677. The van der Waals surface area contributed by atoms with E-state index < -0.39 is 5.60 Å². The molecule has 0 saturated heterocycles. The minimum absolute atomic E-state index is 0.169. The van der Waals surface area contributed by atoms with Crippen LogP contribution in [0.5, 0.6) is 5.75 Å². The predicted octanol–water partition coefficient (Wildman–Crippen LogP) is 3.09. The molecule has 0 unspecified atom stereocenters. The van der Waals surface area contributed by atoms with Gasteiger partial charge in [0.15, 0.2) is 0 Å². The summed E-state index contributed by atoms with van der Waals surface area (Å²) >= 11 is 1.59. The first-order chi connectivity index (χ1) is 11.4. The second kappa shape index (κ2) is 5.39. The Bertz CT molecular complexity index is 914. The molecule has 124 valence electrons. The number of aromatic hydroxyl groups is 1. The molecule has 1 saturated carbocycles. The highest BCUT2D eigenvalue weighted by atomic mass is 32.1. The number of nitrogens with one attached hydrogen (secondary N) is 1. The third-order valence-corrected chi connectivity index (χ3v) is 5.31. The van der Waals surface area contributed by atoms with E-state index in [1.807, 2.05) is 37.4 Å². The van der Waals surface area contributed by atoms with Crippen molar-refractivity contribution in [1.29, 1.82) is 0 Å². The maximum Gasteiger partial charge on any atom is 0.243 e. The molecule has 0 atom stereocenters. The van der Waals surface area contributed by atoms with Crippen LogP contribution in [0.3, 0.4) is 0 Å². The number of thiophene rings is 1. The molecule has 0 spiro atoms. The number of nitrogens with zero attached hydrogens (tertiary/aromatic N) is 3. The zero-order chi connectivity index (χ0) is 16.9. The van der Waals surface area contributed by atoms with Crippen molar-refractivity contribution >= 4 is 27.4 Å². The molecule has 0 amide bonds. The van der Waals surface area contributed by atoms with E-state index in [9.17, 15) is 10.2 Å².